The Balaban J connectivity index is 1.88. The molecule has 2 nitrogen and oxygen atoms in total. The lowest BCUT2D eigenvalue weighted by atomic mass is 9.95. The van der Waals surface area contributed by atoms with Crippen LogP contribution in [0.25, 0.3) is 0 Å². The first-order valence-electron chi connectivity index (χ1n) is 7.35. The third-order valence-electron chi connectivity index (χ3n) is 4.64. The summed E-state index contributed by atoms with van der Waals surface area (Å²) in [6.07, 6.45) is 4.02. The van der Waals surface area contributed by atoms with Gasteiger partial charge >= 0.3 is 0 Å². The van der Waals surface area contributed by atoms with Crippen molar-refractivity contribution < 1.29 is 0 Å². The average Bonchev–Trinajstić information content (AvgIpc) is 3.20. The van der Waals surface area contributed by atoms with Crippen molar-refractivity contribution in [3.63, 3.8) is 0 Å². The minimum absolute atomic E-state index is 0.291. The van der Waals surface area contributed by atoms with Crippen LogP contribution < -0.4 is 10.2 Å². The summed E-state index contributed by atoms with van der Waals surface area (Å²) in [5.41, 5.74) is 2.97. The molecule has 1 N–H and O–H groups in total. The highest BCUT2D eigenvalue weighted by Gasteiger charge is 2.43. The van der Waals surface area contributed by atoms with Gasteiger partial charge in [0.2, 0.25) is 0 Å². The Morgan fingerprint density at radius 2 is 2.16 bits per heavy atom. The van der Waals surface area contributed by atoms with E-state index < -0.39 is 0 Å². The Morgan fingerprint density at radius 3 is 2.89 bits per heavy atom. The van der Waals surface area contributed by atoms with E-state index in [9.17, 15) is 0 Å². The van der Waals surface area contributed by atoms with Crippen LogP contribution in [0.2, 0.25) is 0 Å². The van der Waals surface area contributed by atoms with E-state index in [2.05, 4.69) is 58.2 Å². The molecule has 3 heteroatoms. The largest absolute Gasteiger partial charge is 0.369 e. The molecule has 1 aromatic carbocycles. The minimum atomic E-state index is 0.291. The molecule has 0 amide bonds. The molecule has 0 radical (unpaired) electrons. The van der Waals surface area contributed by atoms with E-state index >= 15 is 0 Å². The highest BCUT2D eigenvalue weighted by atomic mass is 79.9. The van der Waals surface area contributed by atoms with Gasteiger partial charge in [0.15, 0.2) is 0 Å². The van der Waals surface area contributed by atoms with Crippen LogP contribution in [0.1, 0.15) is 31.7 Å². The normalized spacial score (nSPS) is 28.3. The van der Waals surface area contributed by atoms with Gasteiger partial charge in [0.05, 0.1) is 5.69 Å². The van der Waals surface area contributed by atoms with E-state index in [-0.39, 0.29) is 0 Å². The molecule has 2 aliphatic rings. The third-order valence-corrected chi connectivity index (χ3v) is 5.68. The number of nitrogens with one attached hydrogen (secondary N) is 1. The molecule has 1 heterocycles. The molecule has 1 atom stereocenters. The van der Waals surface area contributed by atoms with Crippen molar-refractivity contribution in [2.24, 2.45) is 5.92 Å². The van der Waals surface area contributed by atoms with Crippen LogP contribution in [0, 0.1) is 12.8 Å². The van der Waals surface area contributed by atoms with E-state index in [0.29, 0.717) is 5.54 Å². The van der Waals surface area contributed by atoms with Gasteiger partial charge in [-0.15, -0.1) is 0 Å². The Kier molecular flexibility index (Phi) is 3.61. The lowest BCUT2D eigenvalue weighted by molar-refractivity contribution is 0.331. The monoisotopic (exact) mass is 322 g/mol. The molecule has 0 spiro atoms. The fourth-order valence-corrected chi connectivity index (χ4v) is 3.77. The molecule has 104 valence electrons. The number of aryl methyl sites for hydroxylation is 1. The minimum Gasteiger partial charge on any atom is -0.369 e. The van der Waals surface area contributed by atoms with Gasteiger partial charge in [0.25, 0.3) is 0 Å². The lowest BCUT2D eigenvalue weighted by Gasteiger charge is -2.35. The van der Waals surface area contributed by atoms with Gasteiger partial charge in [-0.05, 0) is 73.1 Å². The molecule has 0 bridgehead atoms. The topological polar surface area (TPSA) is 15.3 Å². The number of benzene rings is 1. The van der Waals surface area contributed by atoms with Gasteiger partial charge in [-0.25, -0.2) is 0 Å². The van der Waals surface area contributed by atoms with Crippen molar-refractivity contribution >= 4 is 21.6 Å². The first kappa shape index (κ1) is 13.4. The third kappa shape index (κ3) is 2.68. The van der Waals surface area contributed by atoms with Crippen LogP contribution in [-0.4, -0.2) is 25.2 Å². The smallest absolute Gasteiger partial charge is 0.0514 e. The summed E-state index contributed by atoms with van der Waals surface area (Å²) in [6.45, 7) is 8.00. The second-order valence-corrected chi connectivity index (χ2v) is 7.09. The van der Waals surface area contributed by atoms with Crippen LogP contribution in [0.3, 0.4) is 0 Å². The van der Waals surface area contributed by atoms with E-state index in [1.54, 1.807) is 0 Å². The zero-order valence-electron chi connectivity index (χ0n) is 11.9. The van der Waals surface area contributed by atoms with Crippen molar-refractivity contribution in [1.29, 1.82) is 0 Å². The van der Waals surface area contributed by atoms with Crippen molar-refractivity contribution in [3.8, 4) is 0 Å². The van der Waals surface area contributed by atoms with Gasteiger partial charge in [0.1, 0.15) is 0 Å². The molecular formula is C16H23BrN2. The number of rotatable bonds is 2. The first-order chi connectivity index (χ1) is 9.10. The van der Waals surface area contributed by atoms with Gasteiger partial charge in [-0.3, -0.25) is 0 Å². The molecule has 1 saturated heterocycles. The summed E-state index contributed by atoms with van der Waals surface area (Å²) in [7, 11) is 0. The number of halogens is 1. The van der Waals surface area contributed by atoms with E-state index in [1.165, 1.54) is 35.0 Å². The van der Waals surface area contributed by atoms with Crippen LogP contribution in [-0.2, 0) is 0 Å². The van der Waals surface area contributed by atoms with Crippen LogP contribution in [0.15, 0.2) is 22.7 Å². The molecule has 0 aromatic heterocycles. The molecule has 1 unspecified atom stereocenters. The molecule has 1 aliphatic heterocycles. The molecule has 3 rings (SSSR count). The molecule has 1 aromatic rings. The van der Waals surface area contributed by atoms with Gasteiger partial charge in [0, 0.05) is 23.1 Å². The second-order valence-electron chi connectivity index (χ2n) is 6.30. The number of nitrogens with zero attached hydrogens (tertiary/aromatic N) is 1. The first-order valence-corrected chi connectivity index (χ1v) is 8.14. The van der Waals surface area contributed by atoms with E-state index in [4.69, 9.17) is 0 Å². The molecule has 1 saturated carbocycles. The summed E-state index contributed by atoms with van der Waals surface area (Å²) >= 11 is 3.77. The summed E-state index contributed by atoms with van der Waals surface area (Å²) in [6, 6.07) is 6.58. The van der Waals surface area contributed by atoms with Crippen molar-refractivity contribution in [2.45, 2.75) is 38.6 Å². The Bertz CT molecular complexity index is 470. The van der Waals surface area contributed by atoms with E-state index in [1.807, 2.05) is 0 Å². The van der Waals surface area contributed by atoms with Gasteiger partial charge < -0.3 is 10.2 Å². The summed E-state index contributed by atoms with van der Waals surface area (Å²) in [5.74, 6) is 0.872. The average molecular weight is 323 g/mol. The molecule has 1 aliphatic carbocycles. The standard InChI is InChI=1S/C16H23BrN2/c1-12-5-3-6-14(15(12)17)19-10-4-9-18-16(2,11-19)13-7-8-13/h3,5-6,13,18H,4,7-11H2,1-2H3. The number of hydrogen-bond acceptors (Lipinski definition) is 2. The Hall–Kier alpha value is -0.540. The van der Waals surface area contributed by atoms with Gasteiger partial charge in [-0.2, -0.15) is 0 Å². The highest BCUT2D eigenvalue weighted by molar-refractivity contribution is 9.10. The zero-order valence-corrected chi connectivity index (χ0v) is 13.5. The Labute approximate surface area is 124 Å². The van der Waals surface area contributed by atoms with Crippen molar-refractivity contribution in [3.05, 3.63) is 28.2 Å². The maximum Gasteiger partial charge on any atom is 0.0514 e. The quantitative estimate of drug-likeness (QED) is 0.892. The van der Waals surface area contributed by atoms with Crippen LogP contribution >= 0.6 is 15.9 Å². The Morgan fingerprint density at radius 1 is 1.37 bits per heavy atom. The number of hydrogen-bond donors (Lipinski definition) is 1. The summed E-state index contributed by atoms with van der Waals surface area (Å²) in [4.78, 5) is 2.56. The van der Waals surface area contributed by atoms with Gasteiger partial charge in [-0.1, -0.05) is 12.1 Å². The number of anilines is 1. The predicted molar refractivity (Wildman–Crippen MR) is 84.8 cm³/mol. The van der Waals surface area contributed by atoms with Crippen LogP contribution in [0.4, 0.5) is 5.69 Å². The summed E-state index contributed by atoms with van der Waals surface area (Å²) < 4.78 is 1.26. The molecular weight excluding hydrogens is 300 g/mol. The van der Waals surface area contributed by atoms with Crippen molar-refractivity contribution in [1.82, 2.24) is 5.32 Å². The molecule has 2 fully saturated rings. The highest BCUT2D eigenvalue weighted by Crippen LogP contribution is 2.42. The predicted octanol–water partition coefficient (Wildman–Crippen LogP) is 3.73. The maximum atomic E-state index is 3.80. The van der Waals surface area contributed by atoms with Crippen LogP contribution in [0.5, 0.6) is 0 Å². The lowest BCUT2D eigenvalue weighted by Crippen LogP contribution is -2.51. The summed E-state index contributed by atoms with van der Waals surface area (Å²) in [5, 5.41) is 3.80. The maximum absolute atomic E-state index is 3.80. The fraction of sp³-hybridized carbons (Fsp3) is 0.625. The fourth-order valence-electron chi connectivity index (χ4n) is 3.25. The van der Waals surface area contributed by atoms with E-state index in [0.717, 1.165) is 25.6 Å². The van der Waals surface area contributed by atoms with Crippen molar-refractivity contribution in [2.75, 3.05) is 24.5 Å². The second kappa shape index (κ2) is 5.10. The SMILES string of the molecule is Cc1cccc(N2CCCNC(C)(C3CC3)C2)c1Br. The zero-order chi connectivity index (χ0) is 13.5. The molecule has 19 heavy (non-hydrogen) atoms.